The van der Waals surface area contributed by atoms with Crippen molar-refractivity contribution in [1.82, 2.24) is 15.0 Å². The molecule has 0 saturated carbocycles. The Morgan fingerprint density at radius 3 is 2.46 bits per heavy atom. The molecule has 1 aliphatic heterocycles. The summed E-state index contributed by atoms with van der Waals surface area (Å²) in [5, 5.41) is 33.5. The summed E-state index contributed by atoms with van der Waals surface area (Å²) in [5.41, 5.74) is 1.65. The van der Waals surface area contributed by atoms with Gasteiger partial charge in [0.05, 0.1) is 31.0 Å². The highest BCUT2D eigenvalue weighted by Gasteiger charge is 2.52. The van der Waals surface area contributed by atoms with Crippen LogP contribution in [0.5, 0.6) is 0 Å². The largest absolute Gasteiger partial charge is 0.469 e. The third-order valence-corrected chi connectivity index (χ3v) is 8.71. The summed E-state index contributed by atoms with van der Waals surface area (Å²) in [4.78, 5) is 40.0. The summed E-state index contributed by atoms with van der Waals surface area (Å²) in [6, 6.07) is 23.6. The second kappa shape index (κ2) is 15.6. The van der Waals surface area contributed by atoms with Gasteiger partial charge in [0.1, 0.15) is 0 Å². The van der Waals surface area contributed by atoms with Crippen molar-refractivity contribution in [1.29, 1.82) is 0 Å². The maximum absolute atomic E-state index is 14.0. The summed E-state index contributed by atoms with van der Waals surface area (Å²) in [7, 11) is 1.34. The van der Waals surface area contributed by atoms with E-state index in [4.69, 9.17) is 4.74 Å². The van der Waals surface area contributed by atoms with Crippen LogP contribution in [0.3, 0.4) is 0 Å². The molecule has 3 N–H and O–H groups in total. The fraction of sp³-hybridized carbons (Fsp3) is 0.324. The number of unbranched alkanes of at least 4 members (excludes halogenated alkanes) is 1. The molecule has 0 saturated heterocycles. The first-order valence-electron chi connectivity index (χ1n) is 16.1. The lowest BCUT2D eigenvalue weighted by atomic mass is 9.82. The van der Waals surface area contributed by atoms with Crippen molar-refractivity contribution in [2.24, 2.45) is 5.92 Å². The zero-order valence-electron chi connectivity index (χ0n) is 27.2. The van der Waals surface area contributed by atoms with Crippen molar-refractivity contribution in [2.45, 2.75) is 50.7 Å². The van der Waals surface area contributed by atoms with Gasteiger partial charge in [-0.25, -0.2) is 0 Å². The zero-order chi connectivity index (χ0) is 34.1. The molecule has 48 heavy (non-hydrogen) atoms. The maximum Gasteiger partial charge on any atom is 0.305 e. The fourth-order valence-electron chi connectivity index (χ4n) is 5.96. The lowest BCUT2D eigenvalue weighted by molar-refractivity contribution is -0.140. The predicted octanol–water partition coefficient (Wildman–Crippen LogP) is 4.81. The molecule has 250 valence electrons. The highest BCUT2D eigenvalue weighted by Crippen LogP contribution is 2.46. The van der Waals surface area contributed by atoms with E-state index in [1.165, 1.54) is 7.11 Å². The molecule has 0 radical (unpaired) electrons. The Balaban J connectivity index is 1.31. The number of carbonyl (C=O) groups excluding carboxylic acids is 3. The summed E-state index contributed by atoms with van der Waals surface area (Å²) in [5.74, 6) is -1.97. The van der Waals surface area contributed by atoms with Crippen LogP contribution in [0.15, 0.2) is 97.2 Å². The smallest absolute Gasteiger partial charge is 0.305 e. The van der Waals surface area contributed by atoms with Crippen molar-refractivity contribution in [3.63, 3.8) is 0 Å². The van der Waals surface area contributed by atoms with Gasteiger partial charge in [-0.1, -0.05) is 72.8 Å². The minimum absolute atomic E-state index is 0.0891. The number of aliphatic hydroxyl groups is 2. The molecule has 3 aromatic carbocycles. The van der Waals surface area contributed by atoms with Gasteiger partial charge in [0.2, 0.25) is 0 Å². The van der Waals surface area contributed by atoms with E-state index in [-0.39, 0.29) is 30.8 Å². The van der Waals surface area contributed by atoms with Crippen molar-refractivity contribution < 1.29 is 29.3 Å². The molecule has 11 heteroatoms. The normalized spacial score (nSPS) is 16.9. The van der Waals surface area contributed by atoms with Crippen molar-refractivity contribution in [3.05, 3.63) is 120 Å². The first-order chi connectivity index (χ1) is 23.3. The van der Waals surface area contributed by atoms with E-state index in [1.807, 2.05) is 54.7 Å². The highest BCUT2D eigenvalue weighted by molar-refractivity contribution is 6.09. The number of esters is 1. The monoisotopic (exact) mass is 651 g/mol. The van der Waals surface area contributed by atoms with Gasteiger partial charge in [0.25, 0.3) is 11.8 Å². The molecule has 0 spiro atoms. The van der Waals surface area contributed by atoms with Gasteiger partial charge in [-0.3, -0.25) is 19.1 Å². The summed E-state index contributed by atoms with van der Waals surface area (Å²) >= 11 is 0. The number of hydrogen-bond donors (Lipinski definition) is 3. The van der Waals surface area contributed by atoms with Gasteiger partial charge in [0.15, 0.2) is 5.60 Å². The Labute approximate surface area is 279 Å². The lowest BCUT2D eigenvalue weighted by Gasteiger charge is -2.28. The van der Waals surface area contributed by atoms with Crippen LogP contribution < -0.4 is 10.2 Å². The Morgan fingerprint density at radius 2 is 1.75 bits per heavy atom. The predicted molar refractivity (Wildman–Crippen MR) is 181 cm³/mol. The Morgan fingerprint density at radius 1 is 1.02 bits per heavy atom. The molecule has 1 aromatic heterocycles. The molecular weight excluding hydrogens is 610 g/mol. The standard InChI is InChI=1S/C37H41N5O6/c1-26(13-9-11-21-41-24-32(39-40-41)30(25-43)27-14-5-3-6-15-27)37(47)31-23-29(38-35(45)28-16-7-4-8-17-28)19-20-33(31)42(36(37)46)22-12-10-18-34(44)48-2/h3-9,13-17,19-20,23-24,26,30,43,47H,10-12,18,21-22,25H2,1-2H3,(H,38,45)/b13-9+/t26-,30?,37+/m0/s1. The topological polar surface area (TPSA) is 147 Å². The third kappa shape index (κ3) is 7.53. The molecule has 1 aliphatic rings. The van der Waals surface area contributed by atoms with Crippen LogP contribution in [0.4, 0.5) is 11.4 Å². The van der Waals surface area contributed by atoms with Crippen LogP contribution >= 0.6 is 0 Å². The number of fused-ring (bicyclic) bond motifs is 1. The molecule has 11 nitrogen and oxygen atoms in total. The van der Waals surface area contributed by atoms with Crippen LogP contribution in [-0.2, 0) is 26.5 Å². The van der Waals surface area contributed by atoms with Gasteiger partial charge in [-0.2, -0.15) is 0 Å². The summed E-state index contributed by atoms with van der Waals surface area (Å²) in [6.45, 7) is 2.51. The van der Waals surface area contributed by atoms with Crippen LogP contribution in [0.25, 0.3) is 0 Å². The minimum atomic E-state index is -1.88. The number of aryl methyl sites for hydroxylation is 1. The molecule has 2 heterocycles. The van der Waals surface area contributed by atoms with Gasteiger partial charge in [-0.15, -0.1) is 5.10 Å². The average molecular weight is 652 g/mol. The number of allylic oxidation sites excluding steroid dienone is 1. The quantitative estimate of drug-likeness (QED) is 0.0943. The van der Waals surface area contributed by atoms with E-state index in [9.17, 15) is 24.6 Å². The van der Waals surface area contributed by atoms with Crippen molar-refractivity contribution in [3.8, 4) is 0 Å². The second-order valence-electron chi connectivity index (χ2n) is 11.9. The number of hydrogen-bond acceptors (Lipinski definition) is 8. The van der Waals surface area contributed by atoms with Gasteiger partial charge >= 0.3 is 5.97 Å². The van der Waals surface area contributed by atoms with E-state index in [2.05, 4.69) is 15.6 Å². The first-order valence-corrected chi connectivity index (χ1v) is 16.1. The summed E-state index contributed by atoms with van der Waals surface area (Å²) < 4.78 is 6.44. The van der Waals surface area contributed by atoms with Crippen molar-refractivity contribution >= 4 is 29.2 Å². The zero-order valence-corrected chi connectivity index (χ0v) is 27.2. The minimum Gasteiger partial charge on any atom is -0.469 e. The number of aromatic nitrogens is 3. The molecule has 1 unspecified atom stereocenters. The van der Waals surface area contributed by atoms with Gasteiger partial charge in [0, 0.05) is 48.4 Å². The van der Waals surface area contributed by atoms with E-state index in [0.29, 0.717) is 60.5 Å². The number of methoxy groups -OCH3 is 1. The first kappa shape index (κ1) is 34.2. The van der Waals surface area contributed by atoms with Gasteiger partial charge < -0.3 is 25.2 Å². The van der Waals surface area contributed by atoms with Gasteiger partial charge in [-0.05, 0) is 55.2 Å². The van der Waals surface area contributed by atoms with Crippen LogP contribution in [-0.4, -0.2) is 63.3 Å². The fourth-order valence-corrected chi connectivity index (χ4v) is 5.96. The number of nitrogens with one attached hydrogen (secondary N) is 1. The number of rotatable bonds is 15. The van der Waals surface area contributed by atoms with E-state index >= 15 is 0 Å². The third-order valence-electron chi connectivity index (χ3n) is 8.71. The van der Waals surface area contributed by atoms with E-state index in [0.717, 1.165) is 5.56 Å². The molecule has 3 atom stereocenters. The second-order valence-corrected chi connectivity index (χ2v) is 11.9. The number of amides is 2. The number of ether oxygens (including phenoxy) is 1. The van der Waals surface area contributed by atoms with Crippen molar-refractivity contribution in [2.75, 3.05) is 30.5 Å². The number of aliphatic hydroxyl groups excluding tert-OH is 1. The number of carbonyl (C=O) groups is 3. The Bertz CT molecular complexity index is 1740. The molecule has 0 bridgehead atoms. The lowest BCUT2D eigenvalue weighted by Crippen LogP contribution is -2.44. The molecule has 2 amide bonds. The number of anilines is 2. The summed E-state index contributed by atoms with van der Waals surface area (Å²) in [6.07, 6.45) is 7.39. The molecule has 5 rings (SSSR count). The Hall–Kier alpha value is -5.13. The average Bonchev–Trinajstić information content (AvgIpc) is 3.66. The molecule has 0 aliphatic carbocycles. The highest BCUT2D eigenvalue weighted by atomic mass is 16.5. The van der Waals surface area contributed by atoms with Crippen LogP contribution in [0.2, 0.25) is 0 Å². The van der Waals surface area contributed by atoms with E-state index in [1.54, 1.807) is 59.0 Å². The number of nitrogens with zero attached hydrogens (tertiary/aromatic N) is 4. The number of benzene rings is 3. The van der Waals surface area contributed by atoms with Crippen LogP contribution in [0, 0.1) is 5.92 Å². The Kier molecular flexibility index (Phi) is 11.1. The van der Waals surface area contributed by atoms with E-state index < -0.39 is 17.4 Å². The van der Waals surface area contributed by atoms with Crippen LogP contribution in [0.1, 0.15) is 65.7 Å². The molecule has 0 fully saturated rings. The molecular formula is C37H41N5O6. The maximum atomic E-state index is 14.0. The SMILES string of the molecule is COC(=O)CCCCN1C(=O)[C@@](O)([C@@H](C)/C=C/CCn2cc(C(CO)c3ccccc3)nn2)c2cc(NC(=O)c3ccccc3)ccc21. The molecule has 4 aromatic rings.